The van der Waals surface area contributed by atoms with Crippen LogP contribution in [0.3, 0.4) is 0 Å². The van der Waals surface area contributed by atoms with Gasteiger partial charge in [0.05, 0.1) is 26.4 Å². The summed E-state index contributed by atoms with van der Waals surface area (Å²) in [5.41, 5.74) is 4.49. The highest BCUT2D eigenvalue weighted by molar-refractivity contribution is 5.34. The second kappa shape index (κ2) is 13.3. The lowest BCUT2D eigenvalue weighted by molar-refractivity contribution is 0.0392. The summed E-state index contributed by atoms with van der Waals surface area (Å²) in [4.78, 5) is 2.48. The first-order chi connectivity index (χ1) is 12.8. The van der Waals surface area contributed by atoms with Crippen LogP contribution in [0.5, 0.6) is 0 Å². The minimum Gasteiger partial charge on any atom is -0.378 e. The number of hydrogen-bond acceptors (Lipinski definition) is 4. The maximum Gasteiger partial charge on any atom is 0.0701 e. The highest BCUT2D eigenvalue weighted by Crippen LogP contribution is 2.24. The Morgan fingerprint density at radius 3 is 2.46 bits per heavy atom. The molecule has 0 saturated heterocycles. The molecular weight excluding hydrogens is 324 g/mol. The van der Waals surface area contributed by atoms with Gasteiger partial charge in [0.1, 0.15) is 0 Å². The van der Waals surface area contributed by atoms with Gasteiger partial charge in [-0.1, -0.05) is 44.9 Å². The van der Waals surface area contributed by atoms with Crippen molar-refractivity contribution in [3.63, 3.8) is 0 Å². The van der Waals surface area contributed by atoms with Crippen LogP contribution >= 0.6 is 0 Å². The molecule has 0 saturated carbocycles. The molecule has 1 N–H and O–H groups in total. The van der Waals surface area contributed by atoms with Crippen molar-refractivity contribution in [3.8, 4) is 0 Å². The third-order valence-electron chi connectivity index (χ3n) is 4.93. The molecule has 0 spiro atoms. The van der Waals surface area contributed by atoms with Gasteiger partial charge in [-0.25, -0.2) is 0 Å². The van der Waals surface area contributed by atoms with E-state index in [9.17, 15) is 0 Å². The predicted octanol–water partition coefficient (Wildman–Crippen LogP) is 3.77. The molecule has 0 aromatic heterocycles. The van der Waals surface area contributed by atoms with Gasteiger partial charge in [-0.2, -0.15) is 0 Å². The Hall–Kier alpha value is -0.940. The van der Waals surface area contributed by atoms with Crippen LogP contribution in [-0.4, -0.2) is 51.0 Å². The molecule has 0 aliphatic carbocycles. The van der Waals surface area contributed by atoms with Crippen LogP contribution < -0.4 is 5.32 Å². The van der Waals surface area contributed by atoms with Crippen molar-refractivity contribution >= 4 is 0 Å². The summed E-state index contributed by atoms with van der Waals surface area (Å²) in [5.74, 6) is 0. The maximum atomic E-state index is 5.73. The van der Waals surface area contributed by atoms with Crippen molar-refractivity contribution in [2.75, 3.05) is 46.1 Å². The Kier molecular flexibility index (Phi) is 10.9. The molecular formula is C22H38N2O2. The fourth-order valence-corrected chi connectivity index (χ4v) is 3.30. The zero-order chi connectivity index (χ0) is 18.5. The van der Waals surface area contributed by atoms with E-state index in [1.54, 1.807) is 0 Å². The largest absolute Gasteiger partial charge is 0.378 e. The standard InChI is InChI=1S/C22H38N2O2/c1-3-5-7-20-8-9-21-18-24(19-22(21)17-20)12-14-26-16-15-25-13-11-23-10-6-4-2/h8-9,17,23H,3-7,10-16,18-19H2,1-2H3. The normalized spacial score (nSPS) is 14.1. The van der Waals surface area contributed by atoms with Gasteiger partial charge >= 0.3 is 0 Å². The third-order valence-corrected chi connectivity index (χ3v) is 4.93. The Morgan fingerprint density at radius 1 is 0.885 bits per heavy atom. The minimum absolute atomic E-state index is 0.691. The molecule has 4 heteroatoms. The van der Waals surface area contributed by atoms with E-state index in [0.29, 0.717) is 13.2 Å². The van der Waals surface area contributed by atoms with Gasteiger partial charge in [0.25, 0.3) is 0 Å². The Bertz CT molecular complexity index is 493. The van der Waals surface area contributed by atoms with Gasteiger partial charge in [-0.15, -0.1) is 0 Å². The number of nitrogens with one attached hydrogen (secondary N) is 1. The van der Waals surface area contributed by atoms with E-state index in [1.807, 2.05) is 0 Å². The molecule has 1 heterocycles. The van der Waals surface area contributed by atoms with Crippen LogP contribution in [0.15, 0.2) is 18.2 Å². The van der Waals surface area contributed by atoms with Gasteiger partial charge in [-0.05, 0) is 42.5 Å². The van der Waals surface area contributed by atoms with Crippen LogP contribution in [0, 0.1) is 0 Å². The van der Waals surface area contributed by atoms with E-state index in [1.165, 1.54) is 48.8 Å². The van der Waals surface area contributed by atoms with E-state index < -0.39 is 0 Å². The first kappa shape index (κ1) is 21.4. The summed E-state index contributed by atoms with van der Waals surface area (Å²) in [6.07, 6.45) is 6.24. The number of ether oxygens (including phenoxy) is 2. The summed E-state index contributed by atoms with van der Waals surface area (Å²) in [6.45, 7) is 12.6. The number of benzene rings is 1. The van der Waals surface area contributed by atoms with Crippen molar-refractivity contribution in [2.45, 2.75) is 59.0 Å². The van der Waals surface area contributed by atoms with E-state index >= 15 is 0 Å². The van der Waals surface area contributed by atoms with Crippen molar-refractivity contribution < 1.29 is 9.47 Å². The molecule has 2 rings (SSSR count). The van der Waals surface area contributed by atoms with E-state index in [0.717, 1.165) is 45.9 Å². The number of nitrogens with zero attached hydrogens (tertiary/aromatic N) is 1. The SMILES string of the molecule is CCCCNCCOCCOCCN1Cc2ccc(CCCC)cc2C1. The average molecular weight is 363 g/mol. The highest BCUT2D eigenvalue weighted by atomic mass is 16.5. The quantitative estimate of drug-likeness (QED) is 0.482. The lowest BCUT2D eigenvalue weighted by Crippen LogP contribution is -2.23. The number of fused-ring (bicyclic) bond motifs is 1. The van der Waals surface area contributed by atoms with Gasteiger partial charge in [0.2, 0.25) is 0 Å². The molecule has 4 nitrogen and oxygen atoms in total. The molecule has 0 bridgehead atoms. The highest BCUT2D eigenvalue weighted by Gasteiger charge is 2.18. The van der Waals surface area contributed by atoms with Crippen molar-refractivity contribution in [2.24, 2.45) is 0 Å². The lowest BCUT2D eigenvalue weighted by atomic mass is 10.0. The second-order valence-electron chi connectivity index (χ2n) is 7.25. The smallest absolute Gasteiger partial charge is 0.0701 e. The Labute approximate surface area is 160 Å². The average Bonchev–Trinajstić information content (AvgIpc) is 3.06. The monoisotopic (exact) mass is 362 g/mol. The van der Waals surface area contributed by atoms with Gasteiger partial charge in [-0.3, -0.25) is 4.90 Å². The molecule has 0 unspecified atom stereocenters. The van der Waals surface area contributed by atoms with Gasteiger partial charge in [0, 0.05) is 26.2 Å². The van der Waals surface area contributed by atoms with Gasteiger partial charge in [0.15, 0.2) is 0 Å². The van der Waals surface area contributed by atoms with Crippen LogP contribution in [0.4, 0.5) is 0 Å². The third kappa shape index (κ3) is 8.17. The Balaban J connectivity index is 1.48. The maximum absolute atomic E-state index is 5.73. The summed E-state index contributed by atoms with van der Waals surface area (Å²) >= 11 is 0. The van der Waals surface area contributed by atoms with Crippen LogP contribution in [-0.2, 0) is 29.0 Å². The molecule has 148 valence electrons. The summed E-state index contributed by atoms with van der Waals surface area (Å²) in [7, 11) is 0. The fourth-order valence-electron chi connectivity index (χ4n) is 3.30. The molecule has 1 aliphatic rings. The van der Waals surface area contributed by atoms with Crippen molar-refractivity contribution in [1.82, 2.24) is 10.2 Å². The van der Waals surface area contributed by atoms with Crippen molar-refractivity contribution in [3.05, 3.63) is 34.9 Å². The second-order valence-corrected chi connectivity index (χ2v) is 7.25. The molecule has 1 aliphatic heterocycles. The lowest BCUT2D eigenvalue weighted by Gasteiger charge is -2.14. The zero-order valence-electron chi connectivity index (χ0n) is 16.9. The molecule has 0 amide bonds. The molecule has 0 radical (unpaired) electrons. The number of unbranched alkanes of at least 4 members (excludes halogenated alkanes) is 2. The molecule has 1 aromatic rings. The minimum atomic E-state index is 0.691. The van der Waals surface area contributed by atoms with Crippen LogP contribution in [0.1, 0.15) is 56.2 Å². The molecule has 1 aromatic carbocycles. The zero-order valence-corrected chi connectivity index (χ0v) is 16.9. The van der Waals surface area contributed by atoms with Crippen LogP contribution in [0.25, 0.3) is 0 Å². The summed E-state index contributed by atoms with van der Waals surface area (Å²) in [6, 6.07) is 7.04. The van der Waals surface area contributed by atoms with Crippen LogP contribution in [0.2, 0.25) is 0 Å². The number of hydrogen-bond donors (Lipinski definition) is 1. The number of aryl methyl sites for hydroxylation is 1. The first-order valence-corrected chi connectivity index (χ1v) is 10.5. The van der Waals surface area contributed by atoms with E-state index in [2.05, 4.69) is 42.3 Å². The Morgan fingerprint density at radius 2 is 1.65 bits per heavy atom. The summed E-state index contributed by atoms with van der Waals surface area (Å²) < 4.78 is 11.3. The first-order valence-electron chi connectivity index (χ1n) is 10.5. The van der Waals surface area contributed by atoms with E-state index in [-0.39, 0.29) is 0 Å². The molecule has 26 heavy (non-hydrogen) atoms. The molecule has 0 atom stereocenters. The predicted molar refractivity (Wildman–Crippen MR) is 109 cm³/mol. The molecule has 0 fully saturated rings. The topological polar surface area (TPSA) is 33.7 Å². The summed E-state index contributed by atoms with van der Waals surface area (Å²) in [5, 5.41) is 3.38. The van der Waals surface area contributed by atoms with Gasteiger partial charge < -0.3 is 14.8 Å². The van der Waals surface area contributed by atoms with Crippen molar-refractivity contribution in [1.29, 1.82) is 0 Å². The fraction of sp³-hybridized carbons (Fsp3) is 0.727. The number of rotatable bonds is 15. The van der Waals surface area contributed by atoms with E-state index in [4.69, 9.17) is 9.47 Å².